The van der Waals surface area contributed by atoms with Gasteiger partial charge in [-0.2, -0.15) is 0 Å². The van der Waals surface area contributed by atoms with E-state index in [1.165, 1.54) is 0 Å². The highest BCUT2D eigenvalue weighted by Crippen LogP contribution is 2.20. The van der Waals surface area contributed by atoms with E-state index in [1.807, 2.05) is 30.3 Å². The fraction of sp³-hybridized carbons (Fsp3) is 0. The van der Waals surface area contributed by atoms with Crippen LogP contribution in [-0.2, 0) is 0 Å². The summed E-state index contributed by atoms with van der Waals surface area (Å²) in [6.45, 7) is 0. The Labute approximate surface area is 67.4 Å². The summed E-state index contributed by atoms with van der Waals surface area (Å²) in [6.07, 6.45) is 3.74. The van der Waals surface area contributed by atoms with Crippen molar-refractivity contribution >= 4 is 14.5 Å². The highest BCUT2D eigenvalue weighted by atomic mass is 16.6. The molecule has 1 aliphatic heterocycles. The van der Waals surface area contributed by atoms with Crippen LogP contribution < -0.4 is 10.3 Å². The van der Waals surface area contributed by atoms with Gasteiger partial charge in [-0.05, 0) is 12.1 Å². The second-order valence-corrected chi connectivity index (χ2v) is 2.09. The van der Waals surface area contributed by atoms with Crippen molar-refractivity contribution in [2.75, 3.05) is 0 Å². The number of rotatable bonds is 0. The van der Waals surface area contributed by atoms with Crippen molar-refractivity contribution in [3.05, 3.63) is 36.0 Å². The first-order valence-corrected chi connectivity index (χ1v) is 3.15. The third kappa shape index (κ3) is 1.37. The molecule has 0 saturated carbocycles. The summed E-state index contributed by atoms with van der Waals surface area (Å²) in [6, 6.07) is 7.86. The lowest BCUT2D eigenvalue weighted by Crippen LogP contribution is -2.13. The Hall–Kier alpha value is -1.38. The average molecular weight is 147 g/mol. The number of hydrogen-bond donors (Lipinski definition) is 1. The minimum atomic E-state index is 0. The van der Waals surface area contributed by atoms with E-state index in [0.717, 1.165) is 11.3 Å². The van der Waals surface area contributed by atoms with Crippen molar-refractivity contribution in [1.82, 2.24) is 5.48 Å². The van der Waals surface area contributed by atoms with Gasteiger partial charge >= 0.3 is 0 Å². The maximum atomic E-state index is 5.09. The van der Waals surface area contributed by atoms with E-state index in [2.05, 4.69) is 5.48 Å². The Morgan fingerprint density at radius 2 is 2.00 bits per heavy atom. The summed E-state index contributed by atoms with van der Waals surface area (Å²) >= 11 is 0. The van der Waals surface area contributed by atoms with Crippen molar-refractivity contribution < 1.29 is 4.84 Å². The highest BCUT2D eigenvalue weighted by molar-refractivity contribution is 5.75. The second kappa shape index (κ2) is 3.15. The molecule has 1 aromatic carbocycles. The third-order valence-corrected chi connectivity index (χ3v) is 1.42. The van der Waals surface area contributed by atoms with Gasteiger partial charge in [-0.3, -0.25) is 0 Å². The molecule has 0 fully saturated rings. The topological polar surface area (TPSA) is 21.3 Å². The SMILES string of the molecule is B.C1=Cc2ccccc2ON1. The Kier molecular flexibility index (Phi) is 2.21. The molecule has 0 radical (unpaired) electrons. The lowest BCUT2D eigenvalue weighted by atomic mass is 10.2. The van der Waals surface area contributed by atoms with Crippen LogP contribution in [0, 0.1) is 0 Å². The predicted octanol–water partition coefficient (Wildman–Crippen LogP) is 0.370. The molecule has 1 heterocycles. The minimum absolute atomic E-state index is 0. The molecule has 0 bridgehead atoms. The van der Waals surface area contributed by atoms with Crippen LogP contribution in [0.1, 0.15) is 5.56 Å². The van der Waals surface area contributed by atoms with Gasteiger partial charge in [0.05, 0.1) is 8.41 Å². The van der Waals surface area contributed by atoms with E-state index in [0.29, 0.717) is 0 Å². The summed E-state index contributed by atoms with van der Waals surface area (Å²) < 4.78 is 0. The summed E-state index contributed by atoms with van der Waals surface area (Å²) in [4.78, 5) is 5.09. The van der Waals surface area contributed by atoms with Crippen LogP contribution in [0.25, 0.3) is 6.08 Å². The third-order valence-electron chi connectivity index (χ3n) is 1.42. The molecular weight excluding hydrogens is 137 g/mol. The maximum absolute atomic E-state index is 5.09. The number of fused-ring (bicyclic) bond motifs is 1. The molecule has 2 rings (SSSR count). The standard InChI is InChI=1S/C8H7NO.BH3/c1-2-4-8-7(3-1)5-6-9-10-8;/h1-6,9H;1H3. The van der Waals surface area contributed by atoms with Gasteiger partial charge in [-0.15, -0.1) is 0 Å². The van der Waals surface area contributed by atoms with Crippen molar-refractivity contribution in [1.29, 1.82) is 0 Å². The quantitative estimate of drug-likeness (QED) is 0.535. The summed E-state index contributed by atoms with van der Waals surface area (Å²) in [5.74, 6) is 0.880. The molecule has 0 saturated heterocycles. The predicted molar refractivity (Wildman–Crippen MR) is 49.2 cm³/mol. The number of hydrogen-bond acceptors (Lipinski definition) is 2. The van der Waals surface area contributed by atoms with E-state index in [-0.39, 0.29) is 8.41 Å². The summed E-state index contributed by atoms with van der Waals surface area (Å²) in [5, 5.41) is 0. The Morgan fingerprint density at radius 1 is 1.18 bits per heavy atom. The normalized spacial score (nSPS) is 12.0. The Bertz CT molecular complexity index is 273. The fourth-order valence-corrected chi connectivity index (χ4v) is 0.932. The zero-order chi connectivity index (χ0) is 6.81. The molecule has 0 aromatic heterocycles. The van der Waals surface area contributed by atoms with Gasteiger partial charge in [-0.25, -0.2) is 5.48 Å². The molecule has 11 heavy (non-hydrogen) atoms. The van der Waals surface area contributed by atoms with Gasteiger partial charge < -0.3 is 4.84 Å². The zero-order valence-electron chi connectivity index (χ0n) is 5.37. The molecular formula is C8H10BNO. The minimum Gasteiger partial charge on any atom is -0.382 e. The average Bonchev–Trinajstić information content (AvgIpc) is 2.05. The molecule has 2 nitrogen and oxygen atoms in total. The van der Waals surface area contributed by atoms with Gasteiger partial charge in [-0.1, -0.05) is 18.2 Å². The van der Waals surface area contributed by atoms with Crippen molar-refractivity contribution in [2.24, 2.45) is 0 Å². The van der Waals surface area contributed by atoms with E-state index >= 15 is 0 Å². The Morgan fingerprint density at radius 3 is 2.82 bits per heavy atom. The van der Waals surface area contributed by atoms with Crippen LogP contribution in [0.15, 0.2) is 30.5 Å². The molecule has 0 spiro atoms. The molecule has 1 N–H and O–H groups in total. The first-order valence-electron chi connectivity index (χ1n) is 3.15. The molecule has 0 aliphatic carbocycles. The molecule has 56 valence electrons. The first kappa shape index (κ1) is 7.73. The number of nitrogens with one attached hydrogen (secondary N) is 1. The van der Waals surface area contributed by atoms with E-state index in [4.69, 9.17) is 4.84 Å². The van der Waals surface area contributed by atoms with Gasteiger partial charge in [0.15, 0.2) is 5.75 Å². The number of para-hydroxylation sites is 1. The fourth-order valence-electron chi connectivity index (χ4n) is 0.932. The zero-order valence-corrected chi connectivity index (χ0v) is 5.37. The van der Waals surface area contributed by atoms with Crippen molar-refractivity contribution in [3.8, 4) is 5.75 Å². The van der Waals surface area contributed by atoms with Gasteiger partial charge in [0.2, 0.25) is 0 Å². The number of hydroxylamine groups is 1. The highest BCUT2D eigenvalue weighted by Gasteiger charge is 2.01. The summed E-state index contributed by atoms with van der Waals surface area (Å²) in [5.41, 5.74) is 3.77. The summed E-state index contributed by atoms with van der Waals surface area (Å²) in [7, 11) is 0. The van der Waals surface area contributed by atoms with Crippen LogP contribution in [0.3, 0.4) is 0 Å². The monoisotopic (exact) mass is 147 g/mol. The molecule has 3 heteroatoms. The number of benzene rings is 1. The van der Waals surface area contributed by atoms with Crippen LogP contribution in [0.4, 0.5) is 0 Å². The lowest BCUT2D eigenvalue weighted by Gasteiger charge is -2.11. The molecule has 0 amide bonds. The van der Waals surface area contributed by atoms with E-state index in [9.17, 15) is 0 Å². The van der Waals surface area contributed by atoms with Crippen molar-refractivity contribution in [2.45, 2.75) is 0 Å². The van der Waals surface area contributed by atoms with E-state index < -0.39 is 0 Å². The van der Waals surface area contributed by atoms with Crippen LogP contribution in [-0.4, -0.2) is 8.41 Å². The molecule has 1 aromatic rings. The Balaban J connectivity index is 0.000000605. The van der Waals surface area contributed by atoms with Crippen LogP contribution >= 0.6 is 0 Å². The lowest BCUT2D eigenvalue weighted by molar-refractivity contribution is 0.239. The van der Waals surface area contributed by atoms with Crippen LogP contribution in [0.2, 0.25) is 0 Å². The first-order chi connectivity index (χ1) is 4.97. The maximum Gasteiger partial charge on any atom is 0.162 e. The van der Waals surface area contributed by atoms with E-state index in [1.54, 1.807) is 6.20 Å². The van der Waals surface area contributed by atoms with Gasteiger partial charge in [0.1, 0.15) is 0 Å². The molecule has 0 unspecified atom stereocenters. The molecule has 0 atom stereocenters. The van der Waals surface area contributed by atoms with Crippen molar-refractivity contribution in [3.63, 3.8) is 0 Å². The van der Waals surface area contributed by atoms with Crippen LogP contribution in [0.5, 0.6) is 5.75 Å². The van der Waals surface area contributed by atoms with Gasteiger partial charge in [0.25, 0.3) is 0 Å². The largest absolute Gasteiger partial charge is 0.382 e. The smallest absolute Gasteiger partial charge is 0.162 e. The molecule has 1 aliphatic rings. The second-order valence-electron chi connectivity index (χ2n) is 2.09. The van der Waals surface area contributed by atoms with Gasteiger partial charge in [0, 0.05) is 11.8 Å².